The first-order valence-electron chi connectivity index (χ1n) is 7.15. The average Bonchev–Trinajstić information content (AvgIpc) is 2.77. The highest BCUT2D eigenvalue weighted by atomic mass is 16.5. The number of rotatable bonds is 1. The van der Waals surface area contributed by atoms with E-state index < -0.39 is 0 Å². The smallest absolute Gasteiger partial charge is 0.155 e. The molecular formula is C15H22O2. The number of ketones is 1. The maximum absolute atomic E-state index is 11.5. The molecule has 3 rings (SSSR count). The Morgan fingerprint density at radius 3 is 2.76 bits per heavy atom. The summed E-state index contributed by atoms with van der Waals surface area (Å²) in [5.74, 6) is 0.976. The largest absolute Gasteiger partial charge is 0.375 e. The van der Waals surface area contributed by atoms with Crippen molar-refractivity contribution >= 4 is 5.78 Å². The van der Waals surface area contributed by atoms with E-state index >= 15 is 0 Å². The Morgan fingerprint density at radius 2 is 2.00 bits per heavy atom. The normalized spacial score (nSPS) is 32.8. The molecule has 0 N–H and O–H groups in total. The van der Waals surface area contributed by atoms with E-state index in [1.165, 1.54) is 37.7 Å². The van der Waals surface area contributed by atoms with Crippen LogP contribution >= 0.6 is 0 Å². The molecule has 2 heteroatoms. The summed E-state index contributed by atoms with van der Waals surface area (Å²) in [6, 6.07) is 0. The minimum absolute atomic E-state index is 0.185. The van der Waals surface area contributed by atoms with Crippen LogP contribution in [-0.4, -0.2) is 18.0 Å². The van der Waals surface area contributed by atoms with Crippen LogP contribution in [0.4, 0.5) is 0 Å². The van der Waals surface area contributed by atoms with Crippen molar-refractivity contribution in [3.05, 3.63) is 11.6 Å². The highest BCUT2D eigenvalue weighted by Crippen LogP contribution is 2.44. The van der Waals surface area contributed by atoms with Crippen LogP contribution in [0.5, 0.6) is 0 Å². The van der Waals surface area contributed by atoms with Gasteiger partial charge in [0.2, 0.25) is 0 Å². The van der Waals surface area contributed by atoms with Gasteiger partial charge in [-0.05, 0) is 50.5 Å². The molecule has 1 saturated heterocycles. The molecule has 1 aliphatic heterocycles. The molecule has 3 aliphatic rings. The first-order chi connectivity index (χ1) is 8.27. The number of hydrogen-bond donors (Lipinski definition) is 0. The van der Waals surface area contributed by atoms with Crippen LogP contribution in [-0.2, 0) is 9.53 Å². The second-order valence-corrected chi connectivity index (χ2v) is 5.97. The lowest BCUT2D eigenvalue weighted by Gasteiger charge is -2.39. The third-order valence-corrected chi connectivity index (χ3v) is 4.77. The lowest BCUT2D eigenvalue weighted by atomic mass is 9.77. The lowest BCUT2D eigenvalue weighted by Crippen LogP contribution is -2.38. The van der Waals surface area contributed by atoms with E-state index in [2.05, 4.69) is 0 Å². The molecule has 1 unspecified atom stereocenters. The van der Waals surface area contributed by atoms with Gasteiger partial charge < -0.3 is 4.74 Å². The van der Waals surface area contributed by atoms with E-state index in [9.17, 15) is 4.79 Å². The molecule has 1 atom stereocenters. The summed E-state index contributed by atoms with van der Waals surface area (Å²) in [5.41, 5.74) is 1.61. The molecule has 2 fully saturated rings. The van der Waals surface area contributed by atoms with Gasteiger partial charge in [-0.2, -0.15) is 0 Å². The minimum Gasteiger partial charge on any atom is -0.375 e. The summed E-state index contributed by atoms with van der Waals surface area (Å²) < 4.78 is 6.06. The standard InChI is InChI=1S/C15H22O2/c16-14-5-3-4-12(10-14)13-6-9-17-15(11-13)7-1-2-8-15/h10,13H,1-9,11H2. The fraction of sp³-hybridized carbons (Fsp3) is 0.800. The second kappa shape index (κ2) is 4.56. The van der Waals surface area contributed by atoms with E-state index in [-0.39, 0.29) is 5.60 Å². The summed E-state index contributed by atoms with van der Waals surface area (Å²) in [4.78, 5) is 11.5. The van der Waals surface area contributed by atoms with E-state index in [1.807, 2.05) is 6.08 Å². The van der Waals surface area contributed by atoms with Gasteiger partial charge in [-0.25, -0.2) is 0 Å². The molecule has 1 saturated carbocycles. The number of carbonyl (C=O) groups is 1. The fourth-order valence-electron chi connectivity index (χ4n) is 3.85. The van der Waals surface area contributed by atoms with Gasteiger partial charge in [0.25, 0.3) is 0 Å². The summed E-state index contributed by atoms with van der Waals surface area (Å²) in [6.45, 7) is 0.899. The van der Waals surface area contributed by atoms with Crippen molar-refractivity contribution in [2.75, 3.05) is 6.61 Å². The van der Waals surface area contributed by atoms with Crippen LogP contribution in [0.15, 0.2) is 11.6 Å². The maximum atomic E-state index is 11.5. The minimum atomic E-state index is 0.185. The van der Waals surface area contributed by atoms with Gasteiger partial charge in [0.1, 0.15) is 0 Å². The molecule has 0 bridgehead atoms. The summed E-state index contributed by atoms with van der Waals surface area (Å²) in [5, 5.41) is 0. The Balaban J connectivity index is 1.73. The topological polar surface area (TPSA) is 26.3 Å². The summed E-state index contributed by atoms with van der Waals surface area (Å²) in [7, 11) is 0. The fourth-order valence-corrected chi connectivity index (χ4v) is 3.85. The third kappa shape index (κ3) is 2.33. The molecule has 0 aromatic heterocycles. The van der Waals surface area contributed by atoms with Gasteiger partial charge in [-0.3, -0.25) is 4.79 Å². The lowest BCUT2D eigenvalue weighted by molar-refractivity contribution is -0.115. The summed E-state index contributed by atoms with van der Waals surface area (Å²) >= 11 is 0. The monoisotopic (exact) mass is 234 g/mol. The zero-order valence-corrected chi connectivity index (χ0v) is 10.5. The van der Waals surface area contributed by atoms with Gasteiger partial charge in [0.15, 0.2) is 5.78 Å². The van der Waals surface area contributed by atoms with Crippen molar-refractivity contribution in [1.29, 1.82) is 0 Å². The molecule has 17 heavy (non-hydrogen) atoms. The third-order valence-electron chi connectivity index (χ3n) is 4.77. The molecular weight excluding hydrogens is 212 g/mol. The van der Waals surface area contributed by atoms with Gasteiger partial charge >= 0.3 is 0 Å². The van der Waals surface area contributed by atoms with Crippen molar-refractivity contribution in [3.63, 3.8) is 0 Å². The number of hydrogen-bond acceptors (Lipinski definition) is 2. The van der Waals surface area contributed by atoms with Gasteiger partial charge in [-0.15, -0.1) is 0 Å². The highest BCUT2D eigenvalue weighted by Gasteiger charge is 2.40. The zero-order chi connectivity index (χ0) is 11.7. The van der Waals surface area contributed by atoms with Crippen LogP contribution in [0.25, 0.3) is 0 Å². The van der Waals surface area contributed by atoms with Crippen LogP contribution in [0.1, 0.15) is 57.8 Å². The van der Waals surface area contributed by atoms with E-state index in [4.69, 9.17) is 4.74 Å². The van der Waals surface area contributed by atoms with E-state index in [0.29, 0.717) is 11.7 Å². The van der Waals surface area contributed by atoms with Gasteiger partial charge in [0, 0.05) is 13.0 Å². The predicted molar refractivity (Wildman–Crippen MR) is 66.8 cm³/mol. The first kappa shape index (κ1) is 11.5. The summed E-state index contributed by atoms with van der Waals surface area (Å²) in [6.07, 6.45) is 12.3. The van der Waals surface area contributed by atoms with Gasteiger partial charge in [-0.1, -0.05) is 18.4 Å². The van der Waals surface area contributed by atoms with Crippen molar-refractivity contribution in [1.82, 2.24) is 0 Å². The van der Waals surface area contributed by atoms with Crippen molar-refractivity contribution in [2.24, 2.45) is 5.92 Å². The molecule has 0 amide bonds. The molecule has 94 valence electrons. The molecule has 0 radical (unpaired) electrons. The Labute approximate surface area is 103 Å². The van der Waals surface area contributed by atoms with Crippen LogP contribution in [0.2, 0.25) is 0 Å². The van der Waals surface area contributed by atoms with E-state index in [1.54, 1.807) is 0 Å². The zero-order valence-electron chi connectivity index (χ0n) is 10.5. The maximum Gasteiger partial charge on any atom is 0.155 e. The van der Waals surface area contributed by atoms with Crippen molar-refractivity contribution < 1.29 is 9.53 Å². The number of ether oxygens (including phenoxy) is 1. The van der Waals surface area contributed by atoms with Crippen molar-refractivity contribution in [2.45, 2.75) is 63.4 Å². The molecule has 1 heterocycles. The molecule has 0 aromatic carbocycles. The Morgan fingerprint density at radius 1 is 1.18 bits per heavy atom. The van der Waals surface area contributed by atoms with E-state index in [0.717, 1.165) is 32.3 Å². The molecule has 0 aromatic rings. The molecule has 1 spiro atoms. The number of carbonyl (C=O) groups excluding carboxylic acids is 1. The average molecular weight is 234 g/mol. The van der Waals surface area contributed by atoms with Crippen molar-refractivity contribution in [3.8, 4) is 0 Å². The quantitative estimate of drug-likeness (QED) is 0.695. The Kier molecular flexibility index (Phi) is 3.08. The first-order valence-corrected chi connectivity index (χ1v) is 7.15. The van der Waals surface area contributed by atoms with Crippen LogP contribution in [0.3, 0.4) is 0 Å². The van der Waals surface area contributed by atoms with Gasteiger partial charge in [0.05, 0.1) is 5.60 Å². The second-order valence-electron chi connectivity index (χ2n) is 5.97. The molecule has 2 aliphatic carbocycles. The SMILES string of the molecule is O=C1C=C(C2CCOC3(CCCC3)C2)CCC1. The molecule has 2 nitrogen and oxygen atoms in total. The Hall–Kier alpha value is -0.630. The predicted octanol–water partition coefficient (Wildman–Crippen LogP) is 3.41. The van der Waals surface area contributed by atoms with Crippen LogP contribution in [0, 0.1) is 5.92 Å². The number of allylic oxidation sites excluding steroid dienone is 2. The highest BCUT2D eigenvalue weighted by molar-refractivity contribution is 5.91. The van der Waals surface area contributed by atoms with Crippen LogP contribution < -0.4 is 0 Å². The Bertz CT molecular complexity index is 337.